The molecule has 1 N–H and O–H groups in total. The van der Waals surface area contributed by atoms with Crippen LogP contribution in [0.5, 0.6) is 0 Å². The molecule has 190 valence electrons. The van der Waals surface area contributed by atoms with Crippen molar-refractivity contribution in [2.45, 2.75) is 13.0 Å². The van der Waals surface area contributed by atoms with Crippen LogP contribution in [0.3, 0.4) is 0 Å². The van der Waals surface area contributed by atoms with Gasteiger partial charge >= 0.3 is 12.0 Å². The first kappa shape index (κ1) is 25.3. The molecule has 3 amide bonds. The number of halogens is 2. The minimum Gasteiger partial charge on any atom is -0.463 e. The Hall–Kier alpha value is -3.79. The van der Waals surface area contributed by atoms with Crippen molar-refractivity contribution in [3.63, 3.8) is 0 Å². The van der Waals surface area contributed by atoms with Crippen molar-refractivity contribution >= 4 is 17.9 Å². The maximum absolute atomic E-state index is 14.0. The fraction of sp³-hybridized carbons (Fsp3) is 0.346. The molecule has 1 atom stereocenters. The molecule has 8 nitrogen and oxygen atoms in total. The highest BCUT2D eigenvalue weighted by atomic mass is 19.1. The highest BCUT2D eigenvalue weighted by Gasteiger charge is 2.38. The molecule has 2 heterocycles. The van der Waals surface area contributed by atoms with Crippen LogP contribution in [0.25, 0.3) is 0 Å². The van der Waals surface area contributed by atoms with Crippen LogP contribution < -0.4 is 5.32 Å². The van der Waals surface area contributed by atoms with Crippen molar-refractivity contribution in [2.24, 2.45) is 0 Å². The van der Waals surface area contributed by atoms with Gasteiger partial charge < -0.3 is 15.0 Å². The monoisotopic (exact) mass is 498 g/mol. The van der Waals surface area contributed by atoms with E-state index < -0.39 is 29.7 Å². The highest BCUT2D eigenvalue weighted by Crippen LogP contribution is 2.32. The number of nitrogens with one attached hydrogen (secondary N) is 1. The van der Waals surface area contributed by atoms with E-state index in [2.05, 4.69) is 5.32 Å². The van der Waals surface area contributed by atoms with E-state index in [4.69, 9.17) is 4.74 Å². The van der Waals surface area contributed by atoms with Crippen molar-refractivity contribution in [1.29, 1.82) is 0 Å². The van der Waals surface area contributed by atoms with Gasteiger partial charge in [0.25, 0.3) is 5.91 Å². The predicted molar refractivity (Wildman–Crippen MR) is 128 cm³/mol. The minimum atomic E-state index is -0.866. The van der Waals surface area contributed by atoms with Crippen LogP contribution >= 0.6 is 0 Å². The second-order valence-electron chi connectivity index (χ2n) is 8.66. The average molecular weight is 499 g/mol. The number of likely N-dealkylation sites (N-methyl/N-ethyl adjacent to an activating group) is 1. The van der Waals surface area contributed by atoms with Gasteiger partial charge in [-0.25, -0.2) is 18.4 Å². The van der Waals surface area contributed by atoms with Crippen LogP contribution in [0.4, 0.5) is 13.6 Å². The van der Waals surface area contributed by atoms with E-state index in [1.165, 1.54) is 41.3 Å². The fourth-order valence-electron chi connectivity index (χ4n) is 4.46. The summed E-state index contributed by atoms with van der Waals surface area (Å²) >= 11 is 0. The Labute approximate surface area is 208 Å². The maximum atomic E-state index is 14.0. The number of hydrogen-bond acceptors (Lipinski definition) is 5. The summed E-state index contributed by atoms with van der Waals surface area (Å²) in [7, 11) is 1.56. The molecule has 2 aromatic rings. The maximum Gasteiger partial charge on any atom is 0.338 e. The zero-order chi connectivity index (χ0) is 25.8. The summed E-state index contributed by atoms with van der Waals surface area (Å²) in [6, 6.07) is 10.0. The lowest BCUT2D eigenvalue weighted by Crippen LogP contribution is -2.53. The van der Waals surface area contributed by atoms with Gasteiger partial charge in [0.2, 0.25) is 0 Å². The van der Waals surface area contributed by atoms with E-state index in [-0.39, 0.29) is 30.2 Å². The molecule has 2 aliphatic rings. The molecule has 4 rings (SSSR count). The highest BCUT2D eigenvalue weighted by molar-refractivity contribution is 5.95. The molecule has 0 saturated carbocycles. The smallest absolute Gasteiger partial charge is 0.338 e. The number of carbonyl (C=O) groups excluding carboxylic acids is 3. The lowest BCUT2D eigenvalue weighted by Gasteiger charge is -2.39. The average Bonchev–Trinajstić information content (AvgIpc) is 2.86. The number of hydrogen-bond donors (Lipinski definition) is 1. The normalized spacial score (nSPS) is 18.8. The Morgan fingerprint density at radius 1 is 1.03 bits per heavy atom. The van der Waals surface area contributed by atoms with Crippen molar-refractivity contribution in [3.05, 3.63) is 82.6 Å². The number of benzene rings is 2. The minimum absolute atomic E-state index is 0.143. The summed E-state index contributed by atoms with van der Waals surface area (Å²) in [6.07, 6.45) is 0. The van der Waals surface area contributed by atoms with E-state index in [1.807, 2.05) is 4.90 Å². The second-order valence-corrected chi connectivity index (χ2v) is 8.66. The summed E-state index contributed by atoms with van der Waals surface area (Å²) in [4.78, 5) is 43.7. The molecular weight excluding hydrogens is 470 g/mol. The summed E-state index contributed by atoms with van der Waals surface area (Å²) in [6.45, 7) is 3.87. The molecule has 0 aliphatic carbocycles. The standard InChI is InChI=1S/C26H28F2N4O4/c1-3-36-25(34)22-21(30(2)26(35)29-23(22)17-6-4-8-19(27)14-17)16-31-10-12-32(13-11-31)24(33)18-7-5-9-20(28)15-18/h4-9,14-15,23H,3,10-13,16H2,1-2H3,(H,29,35)/t23-/m0/s1. The number of ether oxygens (including phenoxy) is 1. The Balaban J connectivity index is 1.57. The van der Waals surface area contributed by atoms with Gasteiger partial charge in [-0.2, -0.15) is 0 Å². The Bertz CT molecular complexity index is 1190. The fourth-order valence-corrected chi connectivity index (χ4v) is 4.46. The van der Waals surface area contributed by atoms with Crippen molar-refractivity contribution in [3.8, 4) is 0 Å². The van der Waals surface area contributed by atoms with Gasteiger partial charge in [-0.15, -0.1) is 0 Å². The van der Waals surface area contributed by atoms with Crippen LogP contribution in [-0.2, 0) is 9.53 Å². The molecule has 0 aromatic heterocycles. The molecule has 2 aromatic carbocycles. The number of nitrogens with zero attached hydrogens (tertiary/aromatic N) is 3. The van der Waals surface area contributed by atoms with E-state index in [0.717, 1.165) is 0 Å². The van der Waals surface area contributed by atoms with Crippen LogP contribution in [0.2, 0.25) is 0 Å². The first-order valence-corrected chi connectivity index (χ1v) is 11.8. The Kier molecular flexibility index (Phi) is 7.64. The molecule has 0 radical (unpaired) electrons. The van der Waals surface area contributed by atoms with Crippen LogP contribution in [0.15, 0.2) is 59.8 Å². The quantitative estimate of drug-likeness (QED) is 0.620. The molecular formula is C26H28F2N4O4. The van der Waals surface area contributed by atoms with Gasteiger partial charge in [-0.3, -0.25) is 14.6 Å². The third-order valence-electron chi connectivity index (χ3n) is 6.36. The van der Waals surface area contributed by atoms with E-state index in [1.54, 1.807) is 31.0 Å². The van der Waals surface area contributed by atoms with Gasteiger partial charge in [-0.1, -0.05) is 18.2 Å². The molecule has 10 heteroatoms. The molecule has 0 unspecified atom stereocenters. The molecule has 2 aliphatic heterocycles. The number of carbonyl (C=O) groups is 3. The summed E-state index contributed by atoms with van der Waals surface area (Å²) in [5.41, 5.74) is 1.42. The zero-order valence-corrected chi connectivity index (χ0v) is 20.2. The lowest BCUT2D eigenvalue weighted by molar-refractivity contribution is -0.139. The van der Waals surface area contributed by atoms with Crippen molar-refractivity contribution in [2.75, 3.05) is 46.4 Å². The summed E-state index contributed by atoms with van der Waals surface area (Å²) < 4.78 is 32.8. The first-order valence-electron chi connectivity index (χ1n) is 11.8. The van der Waals surface area contributed by atoms with Gasteiger partial charge in [0.1, 0.15) is 11.6 Å². The molecule has 0 spiro atoms. The molecule has 0 bridgehead atoms. The zero-order valence-electron chi connectivity index (χ0n) is 20.2. The molecule has 1 fully saturated rings. The van der Waals surface area contributed by atoms with E-state index in [9.17, 15) is 23.2 Å². The van der Waals surface area contributed by atoms with Crippen molar-refractivity contribution in [1.82, 2.24) is 20.0 Å². The third-order valence-corrected chi connectivity index (χ3v) is 6.36. The second kappa shape index (κ2) is 10.9. The van der Waals surface area contributed by atoms with Crippen LogP contribution in [0, 0.1) is 11.6 Å². The molecule has 36 heavy (non-hydrogen) atoms. The van der Waals surface area contributed by atoms with Gasteiger partial charge in [-0.05, 0) is 42.8 Å². The number of rotatable bonds is 6. The van der Waals surface area contributed by atoms with E-state index in [0.29, 0.717) is 37.4 Å². The van der Waals surface area contributed by atoms with Gasteiger partial charge in [0.05, 0.1) is 18.2 Å². The summed E-state index contributed by atoms with van der Waals surface area (Å²) in [5, 5.41) is 2.77. The number of amides is 3. The van der Waals surface area contributed by atoms with Crippen LogP contribution in [0.1, 0.15) is 28.9 Å². The SMILES string of the molecule is CCOC(=O)C1=C(CN2CCN(C(=O)c3cccc(F)c3)CC2)N(C)C(=O)N[C@H]1c1cccc(F)c1. The number of esters is 1. The lowest BCUT2D eigenvalue weighted by atomic mass is 9.94. The van der Waals surface area contributed by atoms with Crippen LogP contribution in [-0.4, -0.2) is 79.0 Å². The summed E-state index contributed by atoms with van der Waals surface area (Å²) in [5.74, 6) is -1.79. The Morgan fingerprint density at radius 3 is 2.33 bits per heavy atom. The Morgan fingerprint density at radius 2 is 1.69 bits per heavy atom. The topological polar surface area (TPSA) is 82.2 Å². The van der Waals surface area contributed by atoms with Crippen molar-refractivity contribution < 1.29 is 27.9 Å². The number of urea groups is 1. The molecule has 1 saturated heterocycles. The third kappa shape index (κ3) is 5.38. The predicted octanol–water partition coefficient (Wildman–Crippen LogP) is 2.94. The van der Waals surface area contributed by atoms with Gasteiger partial charge in [0, 0.05) is 51.0 Å². The van der Waals surface area contributed by atoms with E-state index >= 15 is 0 Å². The number of piperazine rings is 1. The first-order chi connectivity index (χ1) is 17.3. The largest absolute Gasteiger partial charge is 0.463 e. The van der Waals surface area contributed by atoms with Gasteiger partial charge in [0.15, 0.2) is 0 Å².